The van der Waals surface area contributed by atoms with Crippen LogP contribution in [0.3, 0.4) is 0 Å². The maximum atomic E-state index is 10.5. The summed E-state index contributed by atoms with van der Waals surface area (Å²) in [5.41, 5.74) is 4.52. The highest BCUT2D eigenvalue weighted by atomic mass is 35.5. The molecule has 0 aliphatic rings. The molecule has 0 saturated carbocycles. The van der Waals surface area contributed by atoms with Crippen LogP contribution in [0, 0.1) is 0 Å². The van der Waals surface area contributed by atoms with E-state index in [2.05, 4.69) is 41.5 Å². The van der Waals surface area contributed by atoms with Gasteiger partial charge in [0.15, 0.2) is 0 Å². The van der Waals surface area contributed by atoms with E-state index in [-0.39, 0.29) is 0 Å². The van der Waals surface area contributed by atoms with Crippen molar-refractivity contribution < 1.29 is 5.11 Å². The Morgan fingerprint density at radius 1 is 0.786 bits per heavy atom. The molecule has 1 aromatic heterocycles. The molecule has 4 aromatic rings. The Kier molecular flexibility index (Phi) is 4.80. The predicted molar refractivity (Wildman–Crippen MR) is 115 cm³/mol. The van der Waals surface area contributed by atoms with E-state index in [0.29, 0.717) is 10.7 Å². The summed E-state index contributed by atoms with van der Waals surface area (Å²) in [4.78, 5) is 0. The Bertz CT molecular complexity index is 1090. The molecule has 1 heterocycles. The molecule has 3 nitrogen and oxygen atoms in total. The van der Waals surface area contributed by atoms with Crippen molar-refractivity contribution in [3.05, 3.63) is 95.6 Å². The number of halogens is 1. The van der Waals surface area contributed by atoms with Gasteiger partial charge in [0, 0.05) is 5.56 Å². The minimum atomic E-state index is -1.05. The summed E-state index contributed by atoms with van der Waals surface area (Å²) in [5.74, 6) is 0. The van der Waals surface area contributed by atoms with Gasteiger partial charge >= 0.3 is 0 Å². The predicted octanol–water partition coefficient (Wildman–Crippen LogP) is 6.09. The van der Waals surface area contributed by atoms with Crippen LogP contribution < -0.4 is 0 Å². The molecule has 0 fully saturated rings. The van der Waals surface area contributed by atoms with Gasteiger partial charge in [0.05, 0.1) is 22.1 Å². The molecule has 0 amide bonds. The summed E-state index contributed by atoms with van der Waals surface area (Å²) in [6.45, 7) is 3.46. The van der Waals surface area contributed by atoms with Crippen molar-refractivity contribution in [2.75, 3.05) is 0 Å². The third-order valence-electron chi connectivity index (χ3n) is 4.70. The van der Waals surface area contributed by atoms with E-state index >= 15 is 0 Å². The molecule has 0 bridgehead atoms. The Balaban J connectivity index is 1.83. The van der Waals surface area contributed by atoms with E-state index in [1.54, 1.807) is 18.5 Å². The van der Waals surface area contributed by atoms with Crippen molar-refractivity contribution in [1.29, 1.82) is 0 Å². The molecular weight excluding hydrogens is 368 g/mol. The number of rotatable bonds is 4. The van der Waals surface area contributed by atoms with Gasteiger partial charge in [-0.15, -0.1) is 0 Å². The molecule has 3 aromatic carbocycles. The van der Waals surface area contributed by atoms with Crippen LogP contribution in [-0.2, 0) is 5.60 Å². The molecule has 0 unspecified atom stereocenters. The average Bonchev–Trinajstić information content (AvgIpc) is 3.15. The highest BCUT2D eigenvalue weighted by Gasteiger charge is 2.23. The summed E-state index contributed by atoms with van der Waals surface area (Å²) in [6.07, 6.45) is 0. The lowest BCUT2D eigenvalue weighted by Crippen LogP contribution is -2.16. The van der Waals surface area contributed by atoms with Gasteiger partial charge in [-0.25, -0.2) is 4.68 Å². The summed E-state index contributed by atoms with van der Waals surface area (Å²) in [5, 5.41) is 15.7. The van der Waals surface area contributed by atoms with Crippen LogP contribution in [0.5, 0.6) is 0 Å². The Morgan fingerprint density at radius 3 is 2.00 bits per heavy atom. The Hall–Kier alpha value is -2.88. The molecule has 4 heteroatoms. The number of hydrogen-bond donors (Lipinski definition) is 1. The van der Waals surface area contributed by atoms with Crippen LogP contribution in [0.15, 0.2) is 84.9 Å². The number of nitrogens with zero attached hydrogens (tertiary/aromatic N) is 2. The second kappa shape index (κ2) is 7.27. The molecule has 140 valence electrons. The van der Waals surface area contributed by atoms with Gasteiger partial charge in [0.2, 0.25) is 0 Å². The first-order valence-corrected chi connectivity index (χ1v) is 9.55. The molecule has 0 radical (unpaired) electrons. The maximum Gasteiger partial charge on any atom is 0.103 e. The quantitative estimate of drug-likeness (QED) is 0.459. The third kappa shape index (κ3) is 3.59. The van der Waals surface area contributed by atoms with E-state index in [0.717, 1.165) is 22.5 Å². The SMILES string of the molecule is CC(C)(O)c1cc(-c2ccc(-c3ccccc3)cc2)n(-c2ccccc2Cl)n1. The smallest absolute Gasteiger partial charge is 0.103 e. The van der Waals surface area contributed by atoms with Crippen LogP contribution in [0.25, 0.3) is 28.1 Å². The third-order valence-corrected chi connectivity index (χ3v) is 5.02. The second-order valence-corrected chi connectivity index (χ2v) is 7.69. The van der Waals surface area contributed by atoms with Crippen LogP contribution in [0.1, 0.15) is 19.5 Å². The van der Waals surface area contributed by atoms with E-state index in [9.17, 15) is 5.11 Å². The number of aromatic nitrogens is 2. The molecule has 4 rings (SSSR count). The first kappa shape index (κ1) is 18.5. The van der Waals surface area contributed by atoms with Crippen molar-refractivity contribution in [2.24, 2.45) is 0 Å². The van der Waals surface area contributed by atoms with Crippen molar-refractivity contribution >= 4 is 11.6 Å². The topological polar surface area (TPSA) is 38.0 Å². The van der Waals surface area contributed by atoms with Crippen molar-refractivity contribution in [2.45, 2.75) is 19.4 Å². The van der Waals surface area contributed by atoms with Gasteiger partial charge in [-0.3, -0.25) is 0 Å². The Morgan fingerprint density at radius 2 is 1.36 bits per heavy atom. The lowest BCUT2D eigenvalue weighted by Gasteiger charge is -2.13. The minimum Gasteiger partial charge on any atom is -0.384 e. The molecule has 0 aliphatic carbocycles. The monoisotopic (exact) mass is 388 g/mol. The first-order chi connectivity index (χ1) is 13.4. The molecule has 0 saturated heterocycles. The van der Waals surface area contributed by atoms with E-state index in [1.165, 1.54) is 5.56 Å². The van der Waals surface area contributed by atoms with Crippen molar-refractivity contribution in [3.63, 3.8) is 0 Å². The number of hydrogen-bond acceptors (Lipinski definition) is 2. The summed E-state index contributed by atoms with van der Waals surface area (Å²) in [6, 6.07) is 28.1. The van der Waals surface area contributed by atoms with Crippen LogP contribution in [0.2, 0.25) is 5.02 Å². The second-order valence-electron chi connectivity index (χ2n) is 7.28. The molecule has 28 heavy (non-hydrogen) atoms. The average molecular weight is 389 g/mol. The zero-order chi connectivity index (χ0) is 19.7. The molecule has 1 N–H and O–H groups in total. The fraction of sp³-hybridized carbons (Fsp3) is 0.125. The van der Waals surface area contributed by atoms with Gasteiger partial charge in [0.25, 0.3) is 0 Å². The first-order valence-electron chi connectivity index (χ1n) is 9.17. The van der Waals surface area contributed by atoms with Gasteiger partial charge < -0.3 is 5.11 Å². The van der Waals surface area contributed by atoms with Crippen LogP contribution >= 0.6 is 11.6 Å². The number of para-hydroxylation sites is 1. The van der Waals surface area contributed by atoms with Gasteiger partial charge in [-0.05, 0) is 43.2 Å². The normalized spacial score (nSPS) is 11.6. The zero-order valence-electron chi connectivity index (χ0n) is 15.8. The number of benzene rings is 3. The fourth-order valence-electron chi connectivity index (χ4n) is 3.16. The van der Waals surface area contributed by atoms with E-state index in [4.69, 9.17) is 11.6 Å². The number of aliphatic hydroxyl groups is 1. The van der Waals surface area contributed by atoms with Crippen LogP contribution in [-0.4, -0.2) is 14.9 Å². The van der Waals surface area contributed by atoms with Gasteiger partial charge in [0.1, 0.15) is 5.60 Å². The largest absolute Gasteiger partial charge is 0.384 e. The molecular formula is C24H21ClN2O. The standard InChI is InChI=1S/C24H21ClN2O/c1-24(2,28)23-16-22(27(26-23)21-11-7-6-10-20(21)25)19-14-12-18(13-15-19)17-8-4-3-5-9-17/h3-16,28H,1-2H3. The van der Waals surface area contributed by atoms with E-state index < -0.39 is 5.60 Å². The van der Waals surface area contributed by atoms with Gasteiger partial charge in [-0.1, -0.05) is 78.3 Å². The fourth-order valence-corrected chi connectivity index (χ4v) is 3.37. The lowest BCUT2D eigenvalue weighted by molar-refractivity contribution is 0.0734. The minimum absolute atomic E-state index is 0.592. The molecule has 0 aliphatic heterocycles. The van der Waals surface area contributed by atoms with E-state index in [1.807, 2.05) is 48.5 Å². The zero-order valence-corrected chi connectivity index (χ0v) is 16.6. The van der Waals surface area contributed by atoms with Crippen molar-refractivity contribution in [1.82, 2.24) is 9.78 Å². The highest BCUT2D eigenvalue weighted by molar-refractivity contribution is 6.32. The Labute approximate surface area is 169 Å². The summed E-state index contributed by atoms with van der Waals surface area (Å²) < 4.78 is 1.80. The molecule has 0 atom stereocenters. The summed E-state index contributed by atoms with van der Waals surface area (Å²) in [7, 11) is 0. The molecule has 0 spiro atoms. The maximum absolute atomic E-state index is 10.5. The lowest BCUT2D eigenvalue weighted by atomic mass is 10.0. The van der Waals surface area contributed by atoms with Crippen LogP contribution in [0.4, 0.5) is 0 Å². The highest BCUT2D eigenvalue weighted by Crippen LogP contribution is 2.32. The van der Waals surface area contributed by atoms with Gasteiger partial charge in [-0.2, -0.15) is 5.10 Å². The van der Waals surface area contributed by atoms with Crippen molar-refractivity contribution in [3.8, 4) is 28.1 Å². The summed E-state index contributed by atoms with van der Waals surface area (Å²) >= 11 is 6.42.